The first kappa shape index (κ1) is 21.6. The number of aryl methyl sites for hydroxylation is 2. The van der Waals surface area contributed by atoms with Gasteiger partial charge in [0.25, 0.3) is 11.5 Å². The number of carbonyl (C=O) groups excluding carboxylic acids is 1. The molecule has 1 aliphatic rings. The Morgan fingerprint density at radius 3 is 2.79 bits per heavy atom. The quantitative estimate of drug-likeness (QED) is 0.425. The maximum absolute atomic E-state index is 13.3. The van der Waals surface area contributed by atoms with Crippen LogP contribution in [0.5, 0.6) is 0 Å². The SMILES string of the molecule is CCc1cc(=O)[nH]c2nnc(SCC(=O)N3N=C(c4cccs4)CC3c3ccc(C)cc3)n12. The zero-order chi connectivity index (χ0) is 22.9. The minimum atomic E-state index is -0.215. The van der Waals surface area contributed by atoms with Gasteiger partial charge >= 0.3 is 0 Å². The van der Waals surface area contributed by atoms with Crippen LogP contribution in [-0.2, 0) is 11.2 Å². The molecule has 1 amide bonds. The number of carbonyl (C=O) groups is 1. The Hall–Kier alpha value is -3.24. The van der Waals surface area contributed by atoms with E-state index in [-0.39, 0.29) is 23.3 Å². The summed E-state index contributed by atoms with van der Waals surface area (Å²) in [5.74, 6) is 0.439. The van der Waals surface area contributed by atoms with Crippen molar-refractivity contribution in [1.82, 2.24) is 24.6 Å². The molecule has 8 nitrogen and oxygen atoms in total. The van der Waals surface area contributed by atoms with Crippen LogP contribution in [-0.4, -0.2) is 42.0 Å². The van der Waals surface area contributed by atoms with Crippen molar-refractivity contribution in [1.29, 1.82) is 0 Å². The summed E-state index contributed by atoms with van der Waals surface area (Å²) in [5.41, 5.74) is 3.74. The van der Waals surface area contributed by atoms with Crippen LogP contribution in [0.3, 0.4) is 0 Å². The molecule has 0 bridgehead atoms. The van der Waals surface area contributed by atoms with E-state index in [0.29, 0.717) is 23.8 Å². The van der Waals surface area contributed by atoms with Crippen LogP contribution in [0.2, 0.25) is 0 Å². The number of hydrogen-bond acceptors (Lipinski definition) is 7. The molecule has 0 fully saturated rings. The van der Waals surface area contributed by atoms with Crippen LogP contribution in [0.25, 0.3) is 5.78 Å². The second-order valence-corrected chi connectivity index (χ2v) is 9.69. The Morgan fingerprint density at radius 2 is 2.06 bits per heavy atom. The molecule has 0 saturated carbocycles. The van der Waals surface area contributed by atoms with Gasteiger partial charge < -0.3 is 0 Å². The van der Waals surface area contributed by atoms with Gasteiger partial charge in [-0.2, -0.15) is 5.10 Å². The molecule has 4 aromatic rings. The highest BCUT2D eigenvalue weighted by Gasteiger charge is 2.33. The predicted octanol–water partition coefficient (Wildman–Crippen LogP) is 3.82. The van der Waals surface area contributed by atoms with E-state index in [9.17, 15) is 9.59 Å². The third-order valence-electron chi connectivity index (χ3n) is 5.57. The lowest BCUT2D eigenvalue weighted by molar-refractivity contribution is -0.130. The number of aromatic amines is 1. The van der Waals surface area contributed by atoms with Gasteiger partial charge in [0.05, 0.1) is 22.4 Å². The number of thioether (sulfide) groups is 1. The largest absolute Gasteiger partial charge is 0.291 e. The van der Waals surface area contributed by atoms with Crippen molar-refractivity contribution in [3.8, 4) is 0 Å². The van der Waals surface area contributed by atoms with E-state index in [4.69, 9.17) is 5.10 Å². The topological polar surface area (TPSA) is 95.7 Å². The molecule has 0 aliphatic carbocycles. The number of hydrazone groups is 1. The molecule has 168 valence electrons. The van der Waals surface area contributed by atoms with E-state index in [2.05, 4.69) is 39.4 Å². The monoisotopic (exact) mass is 478 g/mol. The molecular weight excluding hydrogens is 456 g/mol. The summed E-state index contributed by atoms with van der Waals surface area (Å²) in [6, 6.07) is 13.7. The molecule has 0 radical (unpaired) electrons. The molecule has 1 aromatic carbocycles. The Morgan fingerprint density at radius 1 is 1.24 bits per heavy atom. The fourth-order valence-corrected chi connectivity index (χ4v) is 5.44. The van der Waals surface area contributed by atoms with E-state index in [1.165, 1.54) is 23.4 Å². The highest BCUT2D eigenvalue weighted by Crippen LogP contribution is 2.34. The Kier molecular flexibility index (Phi) is 5.86. The van der Waals surface area contributed by atoms with Gasteiger partial charge in [-0.3, -0.25) is 19.0 Å². The lowest BCUT2D eigenvalue weighted by Gasteiger charge is -2.22. The molecule has 0 spiro atoms. The van der Waals surface area contributed by atoms with Gasteiger partial charge in [0.1, 0.15) is 0 Å². The number of nitrogens with zero attached hydrogens (tertiary/aromatic N) is 5. The molecule has 5 rings (SSSR count). The number of thiophene rings is 1. The lowest BCUT2D eigenvalue weighted by Crippen LogP contribution is -2.28. The number of aromatic nitrogens is 4. The van der Waals surface area contributed by atoms with Crippen molar-refractivity contribution in [2.75, 3.05) is 5.75 Å². The van der Waals surface area contributed by atoms with Gasteiger partial charge in [0, 0.05) is 18.2 Å². The van der Waals surface area contributed by atoms with Crippen LogP contribution in [0.4, 0.5) is 0 Å². The smallest absolute Gasteiger partial charge is 0.253 e. The van der Waals surface area contributed by atoms with E-state index < -0.39 is 0 Å². The first-order chi connectivity index (χ1) is 16.0. The molecule has 1 atom stereocenters. The third kappa shape index (κ3) is 4.23. The second kappa shape index (κ2) is 8.95. The van der Waals surface area contributed by atoms with E-state index in [1.807, 2.05) is 31.4 Å². The number of benzene rings is 1. The average Bonchev–Trinajstić information content (AvgIpc) is 3.56. The number of H-pyrrole nitrogens is 1. The number of amides is 1. The van der Waals surface area contributed by atoms with Crippen molar-refractivity contribution < 1.29 is 4.79 Å². The molecule has 0 saturated heterocycles. The Labute approximate surface area is 198 Å². The van der Waals surface area contributed by atoms with Crippen LogP contribution in [0.15, 0.2) is 62.9 Å². The molecule has 10 heteroatoms. The van der Waals surface area contributed by atoms with E-state index >= 15 is 0 Å². The highest BCUT2D eigenvalue weighted by molar-refractivity contribution is 7.99. The zero-order valence-electron chi connectivity index (χ0n) is 18.2. The maximum atomic E-state index is 13.3. The summed E-state index contributed by atoms with van der Waals surface area (Å²) in [5, 5.41) is 17.2. The molecule has 33 heavy (non-hydrogen) atoms. The molecule has 1 N–H and O–H groups in total. The van der Waals surface area contributed by atoms with Gasteiger partial charge in [-0.25, -0.2) is 5.01 Å². The number of nitrogens with one attached hydrogen (secondary N) is 1. The maximum Gasteiger partial charge on any atom is 0.253 e. The fourth-order valence-electron chi connectivity index (χ4n) is 3.90. The van der Waals surface area contributed by atoms with Gasteiger partial charge in [-0.1, -0.05) is 54.6 Å². The van der Waals surface area contributed by atoms with Crippen LogP contribution in [0.1, 0.15) is 41.1 Å². The van der Waals surface area contributed by atoms with Gasteiger partial charge in [-0.15, -0.1) is 21.5 Å². The molecule has 4 heterocycles. The zero-order valence-corrected chi connectivity index (χ0v) is 19.8. The Balaban J connectivity index is 1.41. The van der Waals surface area contributed by atoms with E-state index in [1.54, 1.807) is 20.7 Å². The Bertz CT molecular complexity index is 1390. The predicted molar refractivity (Wildman–Crippen MR) is 130 cm³/mol. The highest BCUT2D eigenvalue weighted by atomic mass is 32.2. The van der Waals surface area contributed by atoms with Crippen molar-refractivity contribution in [3.05, 3.63) is 79.9 Å². The minimum Gasteiger partial charge on any atom is -0.291 e. The van der Waals surface area contributed by atoms with Crippen molar-refractivity contribution in [2.24, 2.45) is 5.10 Å². The van der Waals surface area contributed by atoms with Crippen molar-refractivity contribution in [2.45, 2.75) is 37.9 Å². The molecule has 3 aromatic heterocycles. The normalized spacial score (nSPS) is 15.9. The summed E-state index contributed by atoms with van der Waals surface area (Å²) >= 11 is 2.92. The van der Waals surface area contributed by atoms with Gasteiger partial charge in [0.15, 0.2) is 5.16 Å². The summed E-state index contributed by atoms with van der Waals surface area (Å²) in [4.78, 5) is 28.9. The first-order valence-corrected chi connectivity index (χ1v) is 12.5. The number of fused-ring (bicyclic) bond motifs is 1. The number of rotatable bonds is 6. The first-order valence-electron chi connectivity index (χ1n) is 10.6. The van der Waals surface area contributed by atoms with Crippen LogP contribution in [0, 0.1) is 6.92 Å². The standard InChI is InChI=1S/C23H22N6O2S2/c1-3-16-11-20(30)24-22-25-26-23(28(16)22)33-13-21(31)29-18(15-8-6-14(2)7-9-15)12-17(27-29)19-5-4-10-32-19/h4-11,18H,3,12-13H2,1-2H3,(H,24,25,30). The molecule has 1 unspecified atom stereocenters. The summed E-state index contributed by atoms with van der Waals surface area (Å²) in [6.07, 6.45) is 1.32. The summed E-state index contributed by atoms with van der Waals surface area (Å²) < 4.78 is 1.79. The van der Waals surface area contributed by atoms with Gasteiger partial charge in [-0.05, 0) is 30.4 Å². The van der Waals surface area contributed by atoms with Gasteiger partial charge in [0.2, 0.25) is 5.78 Å². The van der Waals surface area contributed by atoms with Crippen LogP contribution < -0.4 is 5.56 Å². The number of hydrogen-bond donors (Lipinski definition) is 1. The average molecular weight is 479 g/mol. The van der Waals surface area contributed by atoms with Crippen LogP contribution >= 0.6 is 23.1 Å². The summed E-state index contributed by atoms with van der Waals surface area (Å²) in [7, 11) is 0. The lowest BCUT2D eigenvalue weighted by atomic mass is 10.00. The fraction of sp³-hybridized carbons (Fsp3) is 0.261. The third-order valence-corrected chi connectivity index (χ3v) is 7.41. The molecule has 1 aliphatic heterocycles. The molecular formula is C23H22N6O2S2. The van der Waals surface area contributed by atoms with Crippen molar-refractivity contribution in [3.63, 3.8) is 0 Å². The van der Waals surface area contributed by atoms with Crippen molar-refractivity contribution >= 4 is 40.5 Å². The van der Waals surface area contributed by atoms with E-state index in [0.717, 1.165) is 21.8 Å². The summed E-state index contributed by atoms with van der Waals surface area (Å²) in [6.45, 7) is 4.01. The second-order valence-electron chi connectivity index (χ2n) is 7.80. The minimum absolute atomic E-state index is 0.101.